The zero-order valence-electron chi connectivity index (χ0n) is 34.7. The topological polar surface area (TPSA) is 295 Å². The van der Waals surface area contributed by atoms with E-state index in [4.69, 9.17) is 38.3 Å². The van der Waals surface area contributed by atoms with Crippen molar-refractivity contribution in [1.82, 2.24) is 0 Å². The summed E-state index contributed by atoms with van der Waals surface area (Å²) in [6.45, 7) is 2.89. The number of carboxylic acids is 1. The van der Waals surface area contributed by atoms with Crippen molar-refractivity contribution in [3.63, 3.8) is 0 Å². The van der Waals surface area contributed by atoms with Crippen molar-refractivity contribution in [2.24, 2.45) is 0 Å². The fourth-order valence-corrected chi connectivity index (χ4v) is 6.89. The van der Waals surface area contributed by atoms with Gasteiger partial charge in [-0.1, -0.05) is 84.0 Å². The summed E-state index contributed by atoms with van der Waals surface area (Å²) >= 11 is 0. The molecule has 0 radical (unpaired) electrons. The van der Waals surface area contributed by atoms with Gasteiger partial charge in [0.2, 0.25) is 0 Å². The largest absolute Gasteiger partial charge is 0.481 e. The number of hydrogen-bond acceptors (Lipinski definition) is 18. The van der Waals surface area contributed by atoms with Crippen LogP contribution in [0.3, 0.4) is 0 Å². The number of rotatable bonds is 30. The number of hydrogen-bond donors (Lipinski definition) is 8. The van der Waals surface area contributed by atoms with Crippen LogP contribution in [0.4, 0.5) is 0 Å². The number of carboxylic acid groups (broad SMARTS) is 1. The first-order chi connectivity index (χ1) is 28.0. The van der Waals surface area contributed by atoms with Crippen LogP contribution < -0.4 is 0 Å². The second kappa shape index (κ2) is 28.9. The Hall–Kier alpha value is -2.56. The molecule has 0 aromatic heterocycles. The summed E-state index contributed by atoms with van der Waals surface area (Å²) in [6.07, 6.45) is -8.11. The van der Waals surface area contributed by atoms with E-state index in [0.29, 0.717) is 32.1 Å². The van der Waals surface area contributed by atoms with Crippen LogP contribution in [-0.4, -0.2) is 164 Å². The summed E-state index contributed by atoms with van der Waals surface area (Å²) in [4.78, 5) is 46.8. The van der Waals surface area contributed by atoms with Gasteiger partial charge in [0.1, 0.15) is 55.9 Å². The Morgan fingerprint density at radius 3 is 1.59 bits per heavy atom. The highest BCUT2D eigenvalue weighted by molar-refractivity contribution is 5.70. The molecule has 2 aliphatic heterocycles. The Labute approximate surface area is 346 Å². The Balaban J connectivity index is 1.97. The Kier molecular flexibility index (Phi) is 25.7. The molecule has 0 spiro atoms. The third-order valence-corrected chi connectivity index (χ3v) is 10.2. The molecule has 2 fully saturated rings. The van der Waals surface area contributed by atoms with E-state index >= 15 is 0 Å². The molecule has 2 aliphatic rings. The number of unbranched alkanes of at least 4 members (excludes halogenated alkanes) is 10. The third kappa shape index (κ3) is 20.7. The minimum absolute atomic E-state index is 0.231. The normalized spacial score (nSPS) is 28.6. The molecule has 13 atom stereocenters. The van der Waals surface area contributed by atoms with Crippen LogP contribution in [0.25, 0.3) is 0 Å². The van der Waals surface area contributed by atoms with Crippen LogP contribution in [0.15, 0.2) is 0 Å². The standard InChI is InChI=1S/C40H70O19/c1-4-5-13-16-27(44)20-32(48)58-38-34(50)33(49)29(22-53-24(2)41)56-40(38)59-37-30(23-54-25(3)42)57-39(36(52)35(37)51)55-21-28(45)18-15-12-10-8-6-7-9-11-14-17-26(43)19-31(46)47/h26-30,33-40,43-45,49-52H,4-23H2,1-3H3,(H,46,47)/t26-,27-,28-,29+,30+,33+,34-,35+,36+,37+,38+,39+,40-/m0/s1. The third-order valence-electron chi connectivity index (χ3n) is 10.2. The average molecular weight is 855 g/mol. The number of aliphatic carboxylic acids is 1. The molecule has 2 saturated heterocycles. The van der Waals surface area contributed by atoms with Gasteiger partial charge in [0.15, 0.2) is 18.7 Å². The molecule has 0 aromatic carbocycles. The molecule has 2 heterocycles. The first-order valence-electron chi connectivity index (χ1n) is 21.1. The van der Waals surface area contributed by atoms with Crippen LogP contribution >= 0.6 is 0 Å². The highest BCUT2D eigenvalue weighted by Crippen LogP contribution is 2.32. The van der Waals surface area contributed by atoms with Crippen molar-refractivity contribution in [1.29, 1.82) is 0 Å². The SMILES string of the molecule is CCCCC[C@H](O)CC(=O)O[C@H]1[C@H](O[C@H]2[C@H](O)[C@@H](O)[C@H](OC[C@@H](O)CCCCCCCCCCC[C@H](O)CC(=O)O)O[C@@H]2COC(C)=O)O[C@H](COC(C)=O)[C@@H](O)[C@@H]1O. The van der Waals surface area contributed by atoms with Gasteiger partial charge in [0.25, 0.3) is 0 Å². The highest BCUT2D eigenvalue weighted by atomic mass is 16.8. The van der Waals surface area contributed by atoms with Crippen LogP contribution in [0, 0.1) is 0 Å². The van der Waals surface area contributed by atoms with E-state index in [1.54, 1.807) is 0 Å². The number of ether oxygens (including phenoxy) is 7. The lowest BCUT2D eigenvalue weighted by atomic mass is 9.96. The smallest absolute Gasteiger partial charge is 0.308 e. The van der Waals surface area contributed by atoms with Gasteiger partial charge < -0.3 is 74.0 Å². The molecule has 19 nitrogen and oxygen atoms in total. The van der Waals surface area contributed by atoms with Gasteiger partial charge >= 0.3 is 23.9 Å². The summed E-state index contributed by atoms with van der Waals surface area (Å²) < 4.78 is 38.8. The maximum atomic E-state index is 12.9. The van der Waals surface area contributed by atoms with E-state index in [-0.39, 0.29) is 13.0 Å². The number of aliphatic hydroxyl groups excluding tert-OH is 7. The molecule has 344 valence electrons. The van der Waals surface area contributed by atoms with Gasteiger partial charge in [-0.15, -0.1) is 0 Å². The van der Waals surface area contributed by atoms with Crippen molar-refractivity contribution in [2.75, 3.05) is 19.8 Å². The molecular formula is C40H70O19. The molecule has 0 unspecified atom stereocenters. The van der Waals surface area contributed by atoms with Crippen LogP contribution in [0.1, 0.15) is 130 Å². The van der Waals surface area contributed by atoms with Crippen molar-refractivity contribution in [3.8, 4) is 0 Å². The Morgan fingerprint density at radius 1 is 0.576 bits per heavy atom. The monoisotopic (exact) mass is 854 g/mol. The second-order valence-corrected chi connectivity index (χ2v) is 15.6. The first kappa shape index (κ1) is 52.6. The lowest BCUT2D eigenvalue weighted by Gasteiger charge is -2.46. The fourth-order valence-electron chi connectivity index (χ4n) is 6.89. The summed E-state index contributed by atoms with van der Waals surface area (Å²) in [5.41, 5.74) is 0. The van der Waals surface area contributed by atoms with Gasteiger partial charge in [-0.3, -0.25) is 19.2 Å². The molecule has 0 aliphatic carbocycles. The summed E-state index contributed by atoms with van der Waals surface area (Å²) in [6, 6.07) is 0. The Bertz CT molecular complexity index is 1210. The summed E-state index contributed by atoms with van der Waals surface area (Å²) in [7, 11) is 0. The van der Waals surface area contributed by atoms with E-state index in [1.165, 1.54) is 0 Å². The number of esters is 3. The number of aliphatic hydroxyl groups is 7. The second-order valence-electron chi connectivity index (χ2n) is 15.6. The number of carbonyl (C=O) groups is 4. The fraction of sp³-hybridized carbons (Fsp3) is 0.900. The van der Waals surface area contributed by atoms with E-state index in [9.17, 15) is 54.9 Å². The summed E-state index contributed by atoms with van der Waals surface area (Å²) in [5.74, 6) is -3.40. The van der Waals surface area contributed by atoms with Gasteiger partial charge in [0.05, 0.1) is 37.8 Å². The summed E-state index contributed by atoms with van der Waals surface area (Å²) in [5, 5.41) is 83.5. The van der Waals surface area contributed by atoms with E-state index in [2.05, 4.69) is 0 Å². The van der Waals surface area contributed by atoms with Crippen LogP contribution in [0.5, 0.6) is 0 Å². The predicted octanol–water partition coefficient (Wildman–Crippen LogP) is 1.14. The molecule has 8 N–H and O–H groups in total. The maximum absolute atomic E-state index is 12.9. The molecule has 2 rings (SSSR count). The van der Waals surface area contributed by atoms with Crippen molar-refractivity contribution in [2.45, 2.75) is 210 Å². The van der Waals surface area contributed by atoms with Gasteiger partial charge in [-0.2, -0.15) is 0 Å². The molecule has 59 heavy (non-hydrogen) atoms. The number of carbonyl (C=O) groups excluding carboxylic acids is 3. The molecule has 0 aromatic rings. The van der Waals surface area contributed by atoms with Crippen molar-refractivity contribution in [3.05, 3.63) is 0 Å². The van der Waals surface area contributed by atoms with E-state index < -0.39 is 123 Å². The zero-order valence-corrected chi connectivity index (χ0v) is 34.7. The van der Waals surface area contributed by atoms with E-state index in [1.807, 2.05) is 6.92 Å². The predicted molar refractivity (Wildman–Crippen MR) is 205 cm³/mol. The Morgan fingerprint density at radius 2 is 1.05 bits per heavy atom. The van der Waals surface area contributed by atoms with Crippen LogP contribution in [0.2, 0.25) is 0 Å². The molecule has 0 saturated carbocycles. The lowest BCUT2D eigenvalue weighted by Crippen LogP contribution is -2.65. The average Bonchev–Trinajstić information content (AvgIpc) is 3.16. The minimum atomic E-state index is -1.87. The minimum Gasteiger partial charge on any atom is -0.481 e. The molecule has 19 heteroatoms. The van der Waals surface area contributed by atoms with Gasteiger partial charge in [-0.25, -0.2) is 0 Å². The maximum Gasteiger partial charge on any atom is 0.308 e. The highest BCUT2D eigenvalue weighted by Gasteiger charge is 2.53. The first-order valence-corrected chi connectivity index (χ1v) is 21.1. The van der Waals surface area contributed by atoms with Crippen molar-refractivity contribution >= 4 is 23.9 Å². The van der Waals surface area contributed by atoms with E-state index in [0.717, 1.165) is 78.1 Å². The zero-order chi connectivity index (χ0) is 43.9. The quantitative estimate of drug-likeness (QED) is 0.0285. The van der Waals surface area contributed by atoms with Gasteiger partial charge in [-0.05, 0) is 19.3 Å². The molecular weight excluding hydrogens is 784 g/mol. The molecule has 0 amide bonds. The molecule has 0 bridgehead atoms. The van der Waals surface area contributed by atoms with Gasteiger partial charge in [0, 0.05) is 13.8 Å². The van der Waals surface area contributed by atoms with Crippen LogP contribution in [-0.2, 0) is 52.3 Å². The van der Waals surface area contributed by atoms with Crippen molar-refractivity contribution < 1.29 is 93.2 Å². The lowest BCUT2D eigenvalue weighted by molar-refractivity contribution is -0.361.